The second kappa shape index (κ2) is 8.36. The van der Waals surface area contributed by atoms with Crippen LogP contribution in [0.15, 0.2) is 28.7 Å². The lowest BCUT2D eigenvalue weighted by atomic mass is 9.84. The van der Waals surface area contributed by atoms with Gasteiger partial charge >= 0.3 is 6.18 Å². The van der Waals surface area contributed by atoms with E-state index in [1.54, 1.807) is 0 Å². The highest BCUT2D eigenvalue weighted by Gasteiger charge is 2.69. The summed E-state index contributed by atoms with van der Waals surface area (Å²) in [7, 11) is -3.94. The zero-order valence-corrected chi connectivity index (χ0v) is 19.5. The van der Waals surface area contributed by atoms with Crippen molar-refractivity contribution >= 4 is 31.7 Å². The van der Waals surface area contributed by atoms with Crippen LogP contribution in [-0.4, -0.2) is 49.0 Å². The highest BCUT2D eigenvalue weighted by molar-refractivity contribution is 9.10. The minimum absolute atomic E-state index is 0.0243. The molecule has 2 aliphatic rings. The molecule has 3 rings (SSSR count). The number of hydrogen-bond acceptors (Lipinski definition) is 5. The number of carbonyl (C=O) groups is 1. The first-order valence-electron chi connectivity index (χ1n) is 9.79. The fourth-order valence-electron chi connectivity index (χ4n) is 3.72. The quantitative estimate of drug-likeness (QED) is 0.544. The van der Waals surface area contributed by atoms with Gasteiger partial charge in [-0.2, -0.15) is 18.4 Å². The normalized spacial score (nSPS) is 20.4. The number of nitriles is 1. The van der Waals surface area contributed by atoms with Crippen molar-refractivity contribution in [2.75, 3.05) is 12.0 Å². The molecule has 6 nitrogen and oxygen atoms in total. The average molecular weight is 532 g/mol. The van der Waals surface area contributed by atoms with E-state index >= 15 is 13.2 Å². The maximum Gasteiger partial charge on any atom is 0.422 e. The Balaban J connectivity index is 2.38. The molecule has 11 heteroatoms. The standard InChI is InChI=1S/C21H21BrF3N3O3S/c1-32(30,31)12-17(18(27)29)28(19(13-26)10-11-19)20(21(23,24)25,9-8-14-2-3-14)15-4-6-16(22)7-5-15/h4-7,14,17H,2-3,10-12H2,1H3,(H2,27,29)/t17-,20-/m0/s1. The number of nitrogens with two attached hydrogens (primary N) is 1. The largest absolute Gasteiger partial charge is 0.422 e. The fourth-order valence-corrected chi connectivity index (χ4v) is 4.87. The number of primary amides is 1. The highest BCUT2D eigenvalue weighted by Crippen LogP contribution is 2.55. The van der Waals surface area contributed by atoms with Crippen LogP contribution in [0.5, 0.6) is 0 Å². The summed E-state index contributed by atoms with van der Waals surface area (Å²) in [5, 5.41) is 9.85. The van der Waals surface area contributed by atoms with Gasteiger partial charge < -0.3 is 5.73 Å². The first kappa shape index (κ1) is 24.6. The van der Waals surface area contributed by atoms with E-state index < -0.39 is 44.8 Å². The third-order valence-electron chi connectivity index (χ3n) is 5.56. The van der Waals surface area contributed by atoms with Crippen molar-refractivity contribution in [3.8, 4) is 17.9 Å². The third-order valence-corrected chi connectivity index (χ3v) is 7.01. The Hall–Kier alpha value is -2.08. The number of benzene rings is 1. The van der Waals surface area contributed by atoms with Crippen LogP contribution >= 0.6 is 15.9 Å². The van der Waals surface area contributed by atoms with E-state index in [0.717, 1.165) is 6.26 Å². The molecule has 2 saturated carbocycles. The molecule has 0 saturated heterocycles. The summed E-state index contributed by atoms with van der Waals surface area (Å²) in [5.74, 6) is 2.54. The molecule has 1 aromatic carbocycles. The highest BCUT2D eigenvalue weighted by atomic mass is 79.9. The molecule has 0 spiro atoms. The van der Waals surface area contributed by atoms with Crippen molar-refractivity contribution in [2.24, 2.45) is 11.7 Å². The SMILES string of the molecule is CS(=O)(=O)C[C@@H](C(N)=O)N(C1(C#N)CC1)[C@@](C#CC1CC1)(c1ccc(Br)cc1)C(F)(F)F. The average Bonchev–Trinajstić information content (AvgIpc) is 3.58. The smallest absolute Gasteiger partial charge is 0.368 e. The molecule has 0 aliphatic heterocycles. The lowest BCUT2D eigenvalue weighted by Crippen LogP contribution is -2.67. The summed E-state index contributed by atoms with van der Waals surface area (Å²) in [6.45, 7) is 0. The molecule has 0 heterocycles. The van der Waals surface area contributed by atoms with Crippen molar-refractivity contribution < 1.29 is 26.4 Å². The molecule has 2 fully saturated rings. The van der Waals surface area contributed by atoms with Gasteiger partial charge in [0.15, 0.2) is 0 Å². The van der Waals surface area contributed by atoms with Crippen molar-refractivity contribution in [3.05, 3.63) is 34.3 Å². The van der Waals surface area contributed by atoms with Gasteiger partial charge in [0, 0.05) is 16.6 Å². The van der Waals surface area contributed by atoms with E-state index in [-0.39, 0.29) is 24.3 Å². The van der Waals surface area contributed by atoms with Gasteiger partial charge in [-0.15, -0.1) is 0 Å². The van der Waals surface area contributed by atoms with Gasteiger partial charge in [-0.25, -0.2) is 13.3 Å². The Morgan fingerprint density at radius 3 is 2.25 bits per heavy atom. The van der Waals surface area contributed by atoms with Gasteiger partial charge in [0.25, 0.3) is 0 Å². The van der Waals surface area contributed by atoms with E-state index in [0.29, 0.717) is 22.2 Å². The zero-order chi connectivity index (χ0) is 23.9. The first-order chi connectivity index (χ1) is 14.8. The van der Waals surface area contributed by atoms with Crippen molar-refractivity contribution in [1.82, 2.24) is 4.90 Å². The van der Waals surface area contributed by atoms with Gasteiger partial charge in [-0.3, -0.25) is 4.79 Å². The molecule has 2 atom stereocenters. The second-order valence-electron chi connectivity index (χ2n) is 8.28. The lowest BCUT2D eigenvalue weighted by molar-refractivity contribution is -0.228. The maximum absolute atomic E-state index is 15.1. The Labute approximate surface area is 193 Å². The predicted octanol–water partition coefficient (Wildman–Crippen LogP) is 2.88. The number of alkyl halides is 3. The van der Waals surface area contributed by atoms with Crippen LogP contribution in [0, 0.1) is 29.1 Å². The minimum Gasteiger partial charge on any atom is -0.368 e. The van der Waals surface area contributed by atoms with E-state index in [1.807, 2.05) is 6.07 Å². The summed E-state index contributed by atoms with van der Waals surface area (Å²) in [6.07, 6.45) is -2.94. The molecule has 2 N–H and O–H groups in total. The van der Waals surface area contributed by atoms with Gasteiger partial charge in [-0.1, -0.05) is 39.9 Å². The molecule has 0 bridgehead atoms. The van der Waals surface area contributed by atoms with E-state index in [1.165, 1.54) is 24.3 Å². The Kier molecular flexibility index (Phi) is 6.42. The number of halogens is 4. The zero-order valence-electron chi connectivity index (χ0n) is 17.1. The molecule has 0 radical (unpaired) electrons. The fraction of sp³-hybridized carbons (Fsp3) is 0.524. The van der Waals surface area contributed by atoms with Gasteiger partial charge in [-0.05, 0) is 43.4 Å². The molecular formula is C21H21BrF3N3O3S. The van der Waals surface area contributed by atoms with Crippen LogP contribution in [0.2, 0.25) is 0 Å². The van der Waals surface area contributed by atoms with E-state index in [9.17, 15) is 18.5 Å². The van der Waals surface area contributed by atoms with E-state index in [4.69, 9.17) is 5.73 Å². The van der Waals surface area contributed by atoms with Crippen LogP contribution in [0.1, 0.15) is 31.2 Å². The van der Waals surface area contributed by atoms with Crippen LogP contribution in [0.3, 0.4) is 0 Å². The van der Waals surface area contributed by atoms with Crippen LogP contribution in [-0.2, 0) is 20.2 Å². The Morgan fingerprint density at radius 1 is 1.31 bits per heavy atom. The van der Waals surface area contributed by atoms with Crippen LogP contribution < -0.4 is 5.73 Å². The molecular weight excluding hydrogens is 511 g/mol. The summed E-state index contributed by atoms with van der Waals surface area (Å²) in [5.41, 5.74) is 0.305. The number of rotatable bonds is 7. The monoisotopic (exact) mass is 531 g/mol. The molecule has 32 heavy (non-hydrogen) atoms. The first-order valence-corrected chi connectivity index (χ1v) is 12.6. The molecule has 0 unspecified atom stereocenters. The second-order valence-corrected chi connectivity index (χ2v) is 11.4. The number of sulfone groups is 1. The summed E-state index contributed by atoms with van der Waals surface area (Å²) in [4.78, 5) is 13.0. The number of nitrogens with zero attached hydrogens (tertiary/aromatic N) is 2. The van der Waals surface area contributed by atoms with E-state index in [2.05, 4.69) is 27.8 Å². The molecule has 0 aromatic heterocycles. The van der Waals surface area contributed by atoms with Crippen molar-refractivity contribution in [2.45, 2.75) is 49.0 Å². The number of carbonyl (C=O) groups excluding carboxylic acids is 1. The predicted molar refractivity (Wildman–Crippen MR) is 114 cm³/mol. The molecule has 2 aliphatic carbocycles. The number of hydrogen-bond donors (Lipinski definition) is 1. The summed E-state index contributed by atoms with van der Waals surface area (Å²) < 4.78 is 69.9. The topological polar surface area (TPSA) is 104 Å². The van der Waals surface area contributed by atoms with Gasteiger partial charge in [0.2, 0.25) is 11.4 Å². The van der Waals surface area contributed by atoms with Crippen molar-refractivity contribution in [3.63, 3.8) is 0 Å². The molecule has 172 valence electrons. The maximum atomic E-state index is 15.1. The lowest BCUT2D eigenvalue weighted by Gasteiger charge is -2.47. The Morgan fingerprint density at radius 2 is 1.88 bits per heavy atom. The Bertz CT molecular complexity index is 1110. The third kappa shape index (κ3) is 4.80. The van der Waals surface area contributed by atoms with Gasteiger partial charge in [0.05, 0.1) is 11.8 Å². The number of amides is 1. The van der Waals surface area contributed by atoms with Crippen LogP contribution in [0.4, 0.5) is 13.2 Å². The summed E-state index contributed by atoms with van der Waals surface area (Å²) >= 11 is 3.19. The molecule has 1 aromatic rings. The molecule has 1 amide bonds. The summed E-state index contributed by atoms with van der Waals surface area (Å²) in [6, 6.07) is 5.18. The minimum atomic E-state index is -5.08. The van der Waals surface area contributed by atoms with Crippen LogP contribution in [0.25, 0.3) is 0 Å². The van der Waals surface area contributed by atoms with Gasteiger partial charge in [0.1, 0.15) is 21.4 Å². The van der Waals surface area contributed by atoms with Crippen molar-refractivity contribution in [1.29, 1.82) is 5.26 Å².